The van der Waals surface area contributed by atoms with Crippen molar-refractivity contribution >= 4 is 43.6 Å². The third-order valence-corrected chi connectivity index (χ3v) is 6.40. The molecule has 0 aromatic carbocycles. The lowest BCUT2D eigenvalue weighted by Crippen LogP contribution is -2.36. The van der Waals surface area contributed by atoms with E-state index in [9.17, 15) is 8.42 Å². The molecule has 110 valence electrons. The average molecular weight is 332 g/mol. The predicted molar refractivity (Wildman–Crippen MR) is 82.9 cm³/mol. The maximum Gasteiger partial charge on any atom is 0.214 e. The van der Waals surface area contributed by atoms with Gasteiger partial charge in [-0.2, -0.15) is 0 Å². The molecular formula is C11H16N4O2S3. The Hall–Kier alpha value is -0.800. The lowest BCUT2D eigenvalue weighted by Gasteiger charge is -2.18. The third-order valence-electron chi connectivity index (χ3n) is 3.43. The minimum Gasteiger partial charge on any atom is -0.356 e. The van der Waals surface area contributed by atoms with Gasteiger partial charge in [-0.3, -0.25) is 4.90 Å². The summed E-state index contributed by atoms with van der Waals surface area (Å²) in [6.45, 7) is 4.26. The van der Waals surface area contributed by atoms with Crippen LogP contribution in [0.1, 0.15) is 18.9 Å². The molecule has 0 spiro atoms. The van der Waals surface area contributed by atoms with Crippen molar-refractivity contribution < 1.29 is 8.42 Å². The van der Waals surface area contributed by atoms with E-state index in [-0.39, 0.29) is 23.6 Å². The van der Waals surface area contributed by atoms with Gasteiger partial charge < -0.3 is 5.32 Å². The van der Waals surface area contributed by atoms with Crippen molar-refractivity contribution in [3.63, 3.8) is 0 Å². The van der Waals surface area contributed by atoms with Gasteiger partial charge in [-0.1, -0.05) is 25.2 Å². The molecule has 2 fully saturated rings. The van der Waals surface area contributed by atoms with Gasteiger partial charge in [0.05, 0.1) is 23.6 Å². The molecule has 0 saturated carbocycles. The van der Waals surface area contributed by atoms with Crippen LogP contribution in [0.4, 0.5) is 5.13 Å². The molecule has 3 rings (SSSR count). The van der Waals surface area contributed by atoms with Crippen LogP contribution >= 0.6 is 23.6 Å². The number of sulfone groups is 1. The molecule has 0 bridgehead atoms. The van der Waals surface area contributed by atoms with Crippen LogP contribution in [0.2, 0.25) is 0 Å². The third kappa shape index (κ3) is 2.53. The first-order valence-corrected chi connectivity index (χ1v) is 9.53. The molecular weight excluding hydrogens is 316 g/mol. The monoisotopic (exact) mass is 332 g/mol. The molecule has 2 aliphatic heterocycles. The van der Waals surface area contributed by atoms with Gasteiger partial charge in [-0.15, -0.1) is 10.2 Å². The quantitative estimate of drug-likeness (QED) is 0.812. The highest BCUT2D eigenvalue weighted by molar-refractivity contribution is 7.91. The maximum atomic E-state index is 11.7. The number of nitrogens with one attached hydrogen (secondary N) is 1. The van der Waals surface area contributed by atoms with E-state index < -0.39 is 9.84 Å². The molecule has 2 aliphatic rings. The molecule has 0 unspecified atom stereocenters. The summed E-state index contributed by atoms with van der Waals surface area (Å²) < 4.78 is 23.5. The summed E-state index contributed by atoms with van der Waals surface area (Å²) >= 11 is 6.80. The summed E-state index contributed by atoms with van der Waals surface area (Å²) in [5.74, 6) is 0.787. The van der Waals surface area contributed by atoms with E-state index in [0.29, 0.717) is 16.2 Å². The highest BCUT2D eigenvalue weighted by Crippen LogP contribution is 2.32. The summed E-state index contributed by atoms with van der Waals surface area (Å²) in [5, 5.41) is 13.7. The van der Waals surface area contributed by atoms with E-state index >= 15 is 0 Å². The first kappa shape index (κ1) is 14.2. The van der Waals surface area contributed by atoms with Crippen LogP contribution in [-0.2, 0) is 16.3 Å². The Bertz CT molecular complexity index is 640. The van der Waals surface area contributed by atoms with Crippen molar-refractivity contribution in [1.29, 1.82) is 0 Å². The molecule has 9 heteroatoms. The molecule has 2 atom stereocenters. The lowest BCUT2D eigenvalue weighted by molar-refractivity contribution is 0.600. The zero-order valence-corrected chi connectivity index (χ0v) is 13.7. The summed E-state index contributed by atoms with van der Waals surface area (Å²) in [6, 6.07) is -0.266. The van der Waals surface area contributed by atoms with Crippen molar-refractivity contribution in [2.45, 2.75) is 32.4 Å². The highest BCUT2D eigenvalue weighted by Gasteiger charge is 2.48. The normalized spacial score (nSPS) is 27.9. The van der Waals surface area contributed by atoms with Crippen LogP contribution in [-0.4, -0.2) is 47.3 Å². The van der Waals surface area contributed by atoms with Crippen LogP contribution in [0.5, 0.6) is 0 Å². The van der Waals surface area contributed by atoms with Gasteiger partial charge in [0, 0.05) is 6.42 Å². The Labute approximate surface area is 127 Å². The number of aromatic nitrogens is 2. The average Bonchev–Trinajstić information content (AvgIpc) is 2.90. The largest absolute Gasteiger partial charge is 0.356 e. The van der Waals surface area contributed by atoms with Gasteiger partial charge in [0.2, 0.25) is 5.13 Å². The Morgan fingerprint density at radius 3 is 2.90 bits per heavy atom. The Morgan fingerprint density at radius 1 is 1.45 bits per heavy atom. The van der Waals surface area contributed by atoms with Crippen molar-refractivity contribution in [1.82, 2.24) is 15.5 Å². The van der Waals surface area contributed by atoms with Crippen molar-refractivity contribution in [2.24, 2.45) is 5.92 Å². The first-order chi connectivity index (χ1) is 9.35. The SMILES string of the molecule is CC(C)Cc1nnc(N2C(=S)N[C@H]3CS(=O)(=O)C[C@H]32)s1. The summed E-state index contributed by atoms with van der Waals surface area (Å²) in [4.78, 5) is 1.83. The Morgan fingerprint density at radius 2 is 2.20 bits per heavy atom. The molecule has 3 heterocycles. The van der Waals surface area contributed by atoms with Crippen LogP contribution in [0.25, 0.3) is 0 Å². The number of hydrogen-bond donors (Lipinski definition) is 1. The van der Waals surface area contributed by atoms with E-state index in [2.05, 4.69) is 29.4 Å². The Kier molecular flexibility index (Phi) is 3.46. The zero-order chi connectivity index (χ0) is 14.5. The molecule has 1 aromatic heterocycles. The first-order valence-electron chi connectivity index (χ1n) is 6.48. The van der Waals surface area contributed by atoms with E-state index in [0.717, 1.165) is 11.4 Å². The lowest BCUT2D eigenvalue weighted by atomic mass is 10.1. The fourth-order valence-electron chi connectivity index (χ4n) is 2.60. The van der Waals surface area contributed by atoms with Gasteiger partial charge in [0.25, 0.3) is 0 Å². The molecule has 20 heavy (non-hydrogen) atoms. The second-order valence-corrected chi connectivity index (χ2v) is 9.23. The van der Waals surface area contributed by atoms with E-state index in [1.54, 1.807) is 0 Å². The zero-order valence-electron chi connectivity index (χ0n) is 11.2. The molecule has 0 radical (unpaired) electrons. The highest BCUT2D eigenvalue weighted by atomic mass is 32.2. The van der Waals surface area contributed by atoms with Gasteiger partial charge in [0.1, 0.15) is 5.01 Å². The maximum absolute atomic E-state index is 11.7. The number of nitrogens with zero attached hydrogens (tertiary/aromatic N) is 3. The topological polar surface area (TPSA) is 75.2 Å². The number of fused-ring (bicyclic) bond motifs is 1. The van der Waals surface area contributed by atoms with Gasteiger partial charge in [-0.05, 0) is 18.1 Å². The van der Waals surface area contributed by atoms with E-state index in [1.807, 2.05) is 4.90 Å². The van der Waals surface area contributed by atoms with Crippen LogP contribution in [0.3, 0.4) is 0 Å². The molecule has 0 aliphatic carbocycles. The summed E-state index contributed by atoms with van der Waals surface area (Å²) in [6.07, 6.45) is 0.873. The van der Waals surface area contributed by atoms with E-state index in [1.165, 1.54) is 11.3 Å². The predicted octanol–water partition coefficient (Wildman–Crippen LogP) is 0.597. The molecule has 2 saturated heterocycles. The number of hydrogen-bond acceptors (Lipinski definition) is 6. The second kappa shape index (κ2) is 4.88. The van der Waals surface area contributed by atoms with Crippen LogP contribution < -0.4 is 10.2 Å². The number of thiocarbonyl (C=S) groups is 1. The standard InChI is InChI=1S/C11H16N4O2S3/c1-6(2)3-9-13-14-11(19-9)15-8-5-20(16,17)4-7(8)12-10(15)18/h6-8H,3-5H2,1-2H3,(H,12,18)/t7-,8+/m0/s1. The van der Waals surface area contributed by atoms with Crippen molar-refractivity contribution in [2.75, 3.05) is 16.4 Å². The summed E-state index contributed by atoms with van der Waals surface area (Å²) in [5.41, 5.74) is 0. The Balaban J connectivity index is 1.85. The fraction of sp³-hybridized carbons (Fsp3) is 0.727. The van der Waals surface area contributed by atoms with Crippen LogP contribution in [0, 0.1) is 5.92 Å². The van der Waals surface area contributed by atoms with E-state index in [4.69, 9.17) is 12.2 Å². The smallest absolute Gasteiger partial charge is 0.214 e. The molecule has 0 amide bonds. The van der Waals surface area contributed by atoms with Gasteiger partial charge >= 0.3 is 0 Å². The number of rotatable bonds is 3. The summed E-state index contributed by atoms with van der Waals surface area (Å²) in [7, 11) is -2.99. The molecule has 1 N–H and O–H groups in total. The van der Waals surface area contributed by atoms with Crippen molar-refractivity contribution in [3.05, 3.63) is 5.01 Å². The van der Waals surface area contributed by atoms with Gasteiger partial charge in [0.15, 0.2) is 14.9 Å². The minimum absolute atomic E-state index is 0.120. The van der Waals surface area contributed by atoms with Gasteiger partial charge in [-0.25, -0.2) is 8.42 Å². The minimum atomic E-state index is -2.99. The van der Waals surface area contributed by atoms with Crippen molar-refractivity contribution in [3.8, 4) is 0 Å². The molecule has 1 aromatic rings. The van der Waals surface area contributed by atoms with Crippen LogP contribution in [0.15, 0.2) is 0 Å². The number of anilines is 1. The second-order valence-electron chi connectivity index (χ2n) is 5.65. The molecule has 6 nitrogen and oxygen atoms in total. The fourth-order valence-corrected chi connectivity index (χ4v) is 6.04.